The quantitative estimate of drug-likeness (QED) is 0.821. The molecule has 1 atom stereocenters. The SMILES string of the molecule is CC(C)c1cnnc(NC2CCOC2)c1. The molecule has 1 saturated heterocycles. The van der Waals surface area contributed by atoms with Crippen LogP contribution < -0.4 is 5.32 Å². The van der Waals surface area contributed by atoms with Crippen LogP contribution in [0.15, 0.2) is 12.3 Å². The summed E-state index contributed by atoms with van der Waals surface area (Å²) >= 11 is 0. The number of hydrogen-bond acceptors (Lipinski definition) is 4. The average Bonchev–Trinajstić information content (AvgIpc) is 2.71. The predicted molar refractivity (Wildman–Crippen MR) is 59.0 cm³/mol. The first-order chi connectivity index (χ1) is 7.25. The molecule has 1 aliphatic heterocycles. The van der Waals surface area contributed by atoms with Crippen LogP contribution in [-0.4, -0.2) is 29.5 Å². The van der Waals surface area contributed by atoms with Crippen molar-refractivity contribution in [1.82, 2.24) is 10.2 Å². The van der Waals surface area contributed by atoms with Crippen LogP contribution in [0.1, 0.15) is 31.7 Å². The van der Waals surface area contributed by atoms with Gasteiger partial charge in [0.25, 0.3) is 0 Å². The van der Waals surface area contributed by atoms with Crippen molar-refractivity contribution in [2.24, 2.45) is 0 Å². The number of hydrogen-bond donors (Lipinski definition) is 1. The zero-order valence-corrected chi connectivity index (χ0v) is 9.23. The van der Waals surface area contributed by atoms with Crippen molar-refractivity contribution in [3.63, 3.8) is 0 Å². The van der Waals surface area contributed by atoms with Gasteiger partial charge < -0.3 is 10.1 Å². The number of nitrogens with zero attached hydrogens (tertiary/aromatic N) is 2. The fourth-order valence-electron chi connectivity index (χ4n) is 1.63. The van der Waals surface area contributed by atoms with Gasteiger partial charge in [-0.25, -0.2) is 0 Å². The van der Waals surface area contributed by atoms with Crippen molar-refractivity contribution in [3.05, 3.63) is 17.8 Å². The van der Waals surface area contributed by atoms with E-state index < -0.39 is 0 Å². The fraction of sp³-hybridized carbons (Fsp3) is 0.636. The molecule has 0 amide bonds. The molecule has 0 bridgehead atoms. The topological polar surface area (TPSA) is 47.0 Å². The number of nitrogens with one attached hydrogen (secondary N) is 1. The average molecular weight is 207 g/mol. The minimum atomic E-state index is 0.390. The Labute approximate surface area is 90.1 Å². The second-order valence-electron chi connectivity index (χ2n) is 4.23. The van der Waals surface area contributed by atoms with E-state index in [0.29, 0.717) is 12.0 Å². The molecule has 0 aromatic carbocycles. The summed E-state index contributed by atoms with van der Waals surface area (Å²) in [5.74, 6) is 1.34. The van der Waals surface area contributed by atoms with Gasteiger partial charge in [-0.05, 0) is 24.0 Å². The molecule has 1 aromatic heterocycles. The summed E-state index contributed by atoms with van der Waals surface area (Å²) in [6, 6.07) is 2.46. The summed E-state index contributed by atoms with van der Waals surface area (Å²) in [7, 11) is 0. The van der Waals surface area contributed by atoms with E-state index in [-0.39, 0.29) is 0 Å². The maximum atomic E-state index is 5.30. The zero-order valence-electron chi connectivity index (χ0n) is 9.23. The van der Waals surface area contributed by atoms with E-state index in [1.54, 1.807) is 0 Å². The first-order valence-corrected chi connectivity index (χ1v) is 5.42. The van der Waals surface area contributed by atoms with E-state index in [1.165, 1.54) is 5.56 Å². The van der Waals surface area contributed by atoms with Crippen LogP contribution in [0.2, 0.25) is 0 Å². The highest BCUT2D eigenvalue weighted by Crippen LogP contribution is 2.17. The molecule has 2 heterocycles. The molecule has 1 aromatic rings. The van der Waals surface area contributed by atoms with Crippen LogP contribution in [-0.2, 0) is 4.74 Å². The molecule has 0 radical (unpaired) electrons. The molecule has 1 N–H and O–H groups in total. The number of aromatic nitrogens is 2. The third-order valence-electron chi connectivity index (χ3n) is 2.62. The smallest absolute Gasteiger partial charge is 0.149 e. The Kier molecular flexibility index (Phi) is 3.16. The molecule has 0 saturated carbocycles. The minimum Gasteiger partial charge on any atom is -0.379 e. The highest BCUT2D eigenvalue weighted by atomic mass is 16.5. The third-order valence-corrected chi connectivity index (χ3v) is 2.62. The fourth-order valence-corrected chi connectivity index (χ4v) is 1.63. The number of rotatable bonds is 3. The largest absolute Gasteiger partial charge is 0.379 e. The summed E-state index contributed by atoms with van der Waals surface area (Å²) < 4.78 is 5.30. The van der Waals surface area contributed by atoms with Gasteiger partial charge in [0.1, 0.15) is 5.82 Å². The molecule has 2 rings (SSSR count). The Morgan fingerprint density at radius 2 is 2.40 bits per heavy atom. The number of ether oxygens (including phenoxy) is 1. The van der Waals surface area contributed by atoms with Crippen LogP contribution >= 0.6 is 0 Å². The Morgan fingerprint density at radius 3 is 3.07 bits per heavy atom. The van der Waals surface area contributed by atoms with Crippen molar-refractivity contribution >= 4 is 5.82 Å². The van der Waals surface area contributed by atoms with Gasteiger partial charge in [0.2, 0.25) is 0 Å². The van der Waals surface area contributed by atoms with Gasteiger partial charge in [-0.2, -0.15) is 5.10 Å². The third kappa shape index (κ3) is 2.65. The van der Waals surface area contributed by atoms with Crippen molar-refractivity contribution in [3.8, 4) is 0 Å². The molecule has 0 aliphatic carbocycles. The van der Waals surface area contributed by atoms with Crippen LogP contribution in [0.4, 0.5) is 5.82 Å². The van der Waals surface area contributed by atoms with E-state index in [4.69, 9.17) is 4.74 Å². The molecular formula is C11H17N3O. The lowest BCUT2D eigenvalue weighted by molar-refractivity contribution is 0.195. The second kappa shape index (κ2) is 4.57. The van der Waals surface area contributed by atoms with Gasteiger partial charge in [0.05, 0.1) is 18.8 Å². The second-order valence-corrected chi connectivity index (χ2v) is 4.23. The lowest BCUT2D eigenvalue weighted by Crippen LogP contribution is -2.20. The monoisotopic (exact) mass is 207 g/mol. The predicted octanol–water partition coefficient (Wildman–Crippen LogP) is 1.80. The Bertz CT molecular complexity index is 321. The van der Waals surface area contributed by atoms with Crippen LogP contribution in [0.3, 0.4) is 0 Å². The van der Waals surface area contributed by atoms with Crippen molar-refractivity contribution in [2.75, 3.05) is 18.5 Å². The lowest BCUT2D eigenvalue weighted by Gasteiger charge is -2.12. The highest BCUT2D eigenvalue weighted by molar-refractivity contribution is 5.37. The molecule has 1 aliphatic rings. The van der Waals surface area contributed by atoms with E-state index in [9.17, 15) is 0 Å². The summed E-state index contributed by atoms with van der Waals surface area (Å²) in [6.45, 7) is 5.92. The molecule has 4 nitrogen and oxygen atoms in total. The highest BCUT2D eigenvalue weighted by Gasteiger charge is 2.15. The first-order valence-electron chi connectivity index (χ1n) is 5.42. The van der Waals surface area contributed by atoms with Gasteiger partial charge >= 0.3 is 0 Å². The maximum Gasteiger partial charge on any atom is 0.149 e. The van der Waals surface area contributed by atoms with Gasteiger partial charge in [-0.1, -0.05) is 13.8 Å². The minimum absolute atomic E-state index is 0.390. The van der Waals surface area contributed by atoms with Gasteiger partial charge in [-0.15, -0.1) is 5.10 Å². The molecule has 15 heavy (non-hydrogen) atoms. The van der Waals surface area contributed by atoms with E-state index >= 15 is 0 Å². The molecule has 0 spiro atoms. The van der Waals surface area contributed by atoms with Crippen molar-refractivity contribution in [1.29, 1.82) is 0 Å². The zero-order chi connectivity index (χ0) is 10.7. The molecule has 4 heteroatoms. The molecule has 82 valence electrons. The van der Waals surface area contributed by atoms with Crippen molar-refractivity contribution in [2.45, 2.75) is 32.2 Å². The summed E-state index contributed by atoms with van der Waals surface area (Å²) in [5, 5.41) is 11.4. The first kappa shape index (κ1) is 10.4. The van der Waals surface area contributed by atoms with Gasteiger partial charge in [0, 0.05) is 6.61 Å². The molecular weight excluding hydrogens is 190 g/mol. The summed E-state index contributed by atoms with van der Waals surface area (Å²) in [5.41, 5.74) is 1.21. The van der Waals surface area contributed by atoms with E-state index in [1.807, 2.05) is 6.20 Å². The van der Waals surface area contributed by atoms with Crippen LogP contribution in [0.5, 0.6) is 0 Å². The Balaban J connectivity index is 2.04. The van der Waals surface area contributed by atoms with Crippen molar-refractivity contribution < 1.29 is 4.74 Å². The Morgan fingerprint density at radius 1 is 1.53 bits per heavy atom. The summed E-state index contributed by atoms with van der Waals surface area (Å²) in [6.07, 6.45) is 2.87. The van der Waals surface area contributed by atoms with Crippen LogP contribution in [0, 0.1) is 0 Å². The molecule has 1 unspecified atom stereocenters. The lowest BCUT2D eigenvalue weighted by atomic mass is 10.1. The summed E-state index contributed by atoms with van der Waals surface area (Å²) in [4.78, 5) is 0. The van der Waals surface area contributed by atoms with Gasteiger partial charge in [-0.3, -0.25) is 0 Å². The molecule has 1 fully saturated rings. The standard InChI is InChI=1S/C11H17N3O/c1-8(2)9-5-11(14-12-6-9)13-10-3-4-15-7-10/h5-6,8,10H,3-4,7H2,1-2H3,(H,13,14). The van der Waals surface area contributed by atoms with Crippen LogP contribution in [0.25, 0.3) is 0 Å². The van der Waals surface area contributed by atoms with Gasteiger partial charge in [0.15, 0.2) is 0 Å². The maximum absolute atomic E-state index is 5.30. The Hall–Kier alpha value is -1.16. The van der Waals surface area contributed by atoms with E-state index in [0.717, 1.165) is 25.5 Å². The number of anilines is 1. The normalized spacial score (nSPS) is 20.9. The van der Waals surface area contributed by atoms with E-state index in [2.05, 4.69) is 35.4 Å².